The summed E-state index contributed by atoms with van der Waals surface area (Å²) >= 11 is 3.38. The molecule has 76 valence electrons. The fourth-order valence-corrected chi connectivity index (χ4v) is 1.97. The second kappa shape index (κ2) is 4.11. The number of rotatable bonds is 1. The van der Waals surface area contributed by atoms with Gasteiger partial charge in [-0.2, -0.15) is 0 Å². The van der Waals surface area contributed by atoms with E-state index in [9.17, 15) is 0 Å². The fourth-order valence-electron chi connectivity index (χ4n) is 1.47. The summed E-state index contributed by atoms with van der Waals surface area (Å²) in [5.41, 5.74) is 3.24. The monoisotopic (exact) mass is 262 g/mol. The van der Waals surface area contributed by atoms with Crippen LogP contribution in [0.4, 0.5) is 0 Å². The molecule has 15 heavy (non-hydrogen) atoms. The van der Waals surface area contributed by atoms with Crippen molar-refractivity contribution in [1.82, 2.24) is 9.97 Å². The van der Waals surface area contributed by atoms with Crippen molar-refractivity contribution >= 4 is 15.9 Å². The van der Waals surface area contributed by atoms with Gasteiger partial charge in [-0.15, -0.1) is 0 Å². The number of halogens is 1. The molecule has 2 rings (SSSR count). The molecule has 0 unspecified atom stereocenters. The lowest BCUT2D eigenvalue weighted by atomic mass is 10.1. The molecule has 0 radical (unpaired) electrons. The third-order valence-electron chi connectivity index (χ3n) is 2.21. The Morgan fingerprint density at radius 1 is 1.07 bits per heavy atom. The molecule has 0 amide bonds. The SMILES string of the molecule is Cc1cc(Br)nc(-c2ccccc2C)n1. The smallest absolute Gasteiger partial charge is 0.160 e. The van der Waals surface area contributed by atoms with Gasteiger partial charge in [-0.1, -0.05) is 24.3 Å². The maximum Gasteiger partial charge on any atom is 0.160 e. The van der Waals surface area contributed by atoms with Gasteiger partial charge in [0.25, 0.3) is 0 Å². The standard InChI is InChI=1S/C12H11BrN2/c1-8-5-3-4-6-10(8)12-14-9(2)7-11(13)15-12/h3-7H,1-2H3. The molecule has 0 atom stereocenters. The van der Waals surface area contributed by atoms with Crippen LogP contribution in [-0.4, -0.2) is 9.97 Å². The highest BCUT2D eigenvalue weighted by Gasteiger charge is 2.05. The third-order valence-corrected chi connectivity index (χ3v) is 2.62. The molecular formula is C12H11BrN2. The van der Waals surface area contributed by atoms with E-state index >= 15 is 0 Å². The highest BCUT2D eigenvalue weighted by atomic mass is 79.9. The summed E-state index contributed by atoms with van der Waals surface area (Å²) in [7, 11) is 0. The molecule has 0 saturated heterocycles. The van der Waals surface area contributed by atoms with Crippen molar-refractivity contribution in [3.05, 3.63) is 46.2 Å². The Kier molecular flexibility index (Phi) is 2.82. The molecule has 1 heterocycles. The quantitative estimate of drug-likeness (QED) is 0.735. The van der Waals surface area contributed by atoms with Crippen LogP contribution in [-0.2, 0) is 0 Å². The number of benzene rings is 1. The van der Waals surface area contributed by atoms with E-state index in [1.165, 1.54) is 5.56 Å². The molecular weight excluding hydrogens is 252 g/mol. The van der Waals surface area contributed by atoms with Gasteiger partial charge in [-0.05, 0) is 41.4 Å². The second-order valence-corrected chi connectivity index (χ2v) is 4.28. The van der Waals surface area contributed by atoms with Crippen molar-refractivity contribution < 1.29 is 0 Å². The van der Waals surface area contributed by atoms with Crippen molar-refractivity contribution in [2.75, 3.05) is 0 Å². The van der Waals surface area contributed by atoms with E-state index in [4.69, 9.17) is 0 Å². The van der Waals surface area contributed by atoms with Gasteiger partial charge < -0.3 is 0 Å². The Bertz CT molecular complexity index is 474. The van der Waals surface area contributed by atoms with E-state index in [0.29, 0.717) is 0 Å². The maximum absolute atomic E-state index is 4.42. The first-order chi connectivity index (χ1) is 7.16. The van der Waals surface area contributed by atoms with E-state index in [1.807, 2.05) is 31.2 Å². The summed E-state index contributed by atoms with van der Waals surface area (Å²) in [6, 6.07) is 10.0. The van der Waals surface area contributed by atoms with Crippen LogP contribution < -0.4 is 0 Å². The minimum atomic E-state index is 0.778. The van der Waals surface area contributed by atoms with E-state index in [2.05, 4.69) is 38.9 Å². The summed E-state index contributed by atoms with van der Waals surface area (Å²) in [6.07, 6.45) is 0. The molecule has 0 aliphatic heterocycles. The molecule has 0 N–H and O–H groups in total. The predicted octanol–water partition coefficient (Wildman–Crippen LogP) is 3.52. The van der Waals surface area contributed by atoms with Gasteiger partial charge >= 0.3 is 0 Å². The molecule has 2 nitrogen and oxygen atoms in total. The van der Waals surface area contributed by atoms with Crippen LogP contribution in [0.3, 0.4) is 0 Å². The minimum absolute atomic E-state index is 0.778. The number of aryl methyl sites for hydroxylation is 2. The fraction of sp³-hybridized carbons (Fsp3) is 0.167. The Morgan fingerprint density at radius 3 is 2.47 bits per heavy atom. The zero-order chi connectivity index (χ0) is 10.8. The molecule has 1 aromatic heterocycles. The summed E-state index contributed by atoms with van der Waals surface area (Å²) in [4.78, 5) is 8.79. The lowest BCUT2D eigenvalue weighted by Crippen LogP contribution is -1.93. The maximum atomic E-state index is 4.42. The first kappa shape index (κ1) is 10.3. The van der Waals surface area contributed by atoms with Crippen molar-refractivity contribution in [2.45, 2.75) is 13.8 Å². The lowest BCUT2D eigenvalue weighted by Gasteiger charge is -2.05. The van der Waals surface area contributed by atoms with Crippen LogP contribution in [0.1, 0.15) is 11.3 Å². The summed E-state index contributed by atoms with van der Waals surface area (Å²) in [6.45, 7) is 4.03. The molecule has 0 aliphatic rings. The van der Waals surface area contributed by atoms with Crippen molar-refractivity contribution in [3.63, 3.8) is 0 Å². The molecule has 2 aromatic rings. The molecule has 0 bridgehead atoms. The van der Waals surface area contributed by atoms with Crippen LogP contribution >= 0.6 is 15.9 Å². The van der Waals surface area contributed by atoms with Gasteiger partial charge in [0.15, 0.2) is 5.82 Å². The minimum Gasteiger partial charge on any atom is -0.233 e. The van der Waals surface area contributed by atoms with Crippen LogP contribution in [0.15, 0.2) is 34.9 Å². The predicted molar refractivity (Wildman–Crippen MR) is 64.6 cm³/mol. The average molecular weight is 263 g/mol. The summed E-state index contributed by atoms with van der Waals surface area (Å²) in [5.74, 6) is 0.778. The Balaban J connectivity index is 2.59. The van der Waals surface area contributed by atoms with Crippen LogP contribution in [0.25, 0.3) is 11.4 Å². The molecule has 1 aromatic carbocycles. The Hall–Kier alpha value is -1.22. The molecule has 0 saturated carbocycles. The largest absolute Gasteiger partial charge is 0.233 e. The highest BCUT2D eigenvalue weighted by molar-refractivity contribution is 9.10. The van der Waals surface area contributed by atoms with Crippen LogP contribution in [0, 0.1) is 13.8 Å². The lowest BCUT2D eigenvalue weighted by molar-refractivity contribution is 1.08. The van der Waals surface area contributed by atoms with Gasteiger partial charge in [0, 0.05) is 11.3 Å². The zero-order valence-electron chi connectivity index (χ0n) is 8.66. The first-order valence-electron chi connectivity index (χ1n) is 4.74. The third kappa shape index (κ3) is 2.23. The molecule has 0 fully saturated rings. The average Bonchev–Trinajstić information content (AvgIpc) is 2.16. The van der Waals surface area contributed by atoms with Crippen molar-refractivity contribution in [2.24, 2.45) is 0 Å². The number of nitrogens with zero attached hydrogens (tertiary/aromatic N) is 2. The van der Waals surface area contributed by atoms with E-state index in [-0.39, 0.29) is 0 Å². The van der Waals surface area contributed by atoms with Gasteiger partial charge in [0.05, 0.1) is 0 Å². The van der Waals surface area contributed by atoms with Gasteiger partial charge in [0.1, 0.15) is 4.60 Å². The van der Waals surface area contributed by atoms with E-state index < -0.39 is 0 Å². The summed E-state index contributed by atoms with van der Waals surface area (Å²) < 4.78 is 0.827. The second-order valence-electron chi connectivity index (χ2n) is 3.47. The Labute approximate surface area is 97.5 Å². The van der Waals surface area contributed by atoms with E-state index in [1.54, 1.807) is 0 Å². The zero-order valence-corrected chi connectivity index (χ0v) is 10.2. The van der Waals surface area contributed by atoms with Crippen LogP contribution in [0.2, 0.25) is 0 Å². The van der Waals surface area contributed by atoms with Gasteiger partial charge in [-0.25, -0.2) is 9.97 Å². The van der Waals surface area contributed by atoms with Gasteiger partial charge in [0.2, 0.25) is 0 Å². The number of hydrogen-bond acceptors (Lipinski definition) is 2. The highest BCUT2D eigenvalue weighted by Crippen LogP contribution is 2.21. The van der Waals surface area contributed by atoms with E-state index in [0.717, 1.165) is 21.7 Å². The molecule has 0 spiro atoms. The Morgan fingerprint density at radius 2 is 1.80 bits per heavy atom. The topological polar surface area (TPSA) is 25.8 Å². The van der Waals surface area contributed by atoms with Crippen LogP contribution in [0.5, 0.6) is 0 Å². The van der Waals surface area contributed by atoms with Crippen molar-refractivity contribution in [3.8, 4) is 11.4 Å². The van der Waals surface area contributed by atoms with Crippen molar-refractivity contribution in [1.29, 1.82) is 0 Å². The first-order valence-corrected chi connectivity index (χ1v) is 5.53. The molecule has 0 aliphatic carbocycles. The number of aromatic nitrogens is 2. The van der Waals surface area contributed by atoms with Gasteiger partial charge in [-0.3, -0.25) is 0 Å². The molecule has 3 heteroatoms. The summed E-state index contributed by atoms with van der Waals surface area (Å²) in [5, 5.41) is 0. The number of hydrogen-bond donors (Lipinski definition) is 0. The normalized spacial score (nSPS) is 10.3.